The molecule has 1 heterocycles. The maximum absolute atomic E-state index is 13.4. The maximum Gasteiger partial charge on any atom is 0.247 e. The number of hydrogen-bond donors (Lipinski definition) is 3. The molecule has 0 bridgehead atoms. The Bertz CT molecular complexity index is 1010. The Labute approximate surface area is 218 Å². The van der Waals surface area contributed by atoms with Gasteiger partial charge in [0.15, 0.2) is 11.5 Å². The van der Waals surface area contributed by atoms with E-state index in [0.29, 0.717) is 47.5 Å². The second kappa shape index (κ2) is 13.1. The summed E-state index contributed by atoms with van der Waals surface area (Å²) in [5.74, 6) is -0.344. The van der Waals surface area contributed by atoms with Gasteiger partial charge in [-0.05, 0) is 30.5 Å². The summed E-state index contributed by atoms with van der Waals surface area (Å²) in [5, 5.41) is 23.6. The molecular weight excluding hydrogens is 476 g/mol. The Morgan fingerprint density at radius 1 is 1.24 bits per heavy atom. The van der Waals surface area contributed by atoms with Crippen molar-refractivity contribution in [2.24, 2.45) is 5.92 Å². The van der Waals surface area contributed by atoms with Crippen LogP contribution < -0.4 is 14.8 Å². The quantitative estimate of drug-likeness (QED) is 0.272. The minimum Gasteiger partial charge on any atom is -0.493 e. The van der Waals surface area contributed by atoms with Gasteiger partial charge >= 0.3 is 0 Å². The lowest BCUT2D eigenvalue weighted by Gasteiger charge is -2.41. The zero-order valence-corrected chi connectivity index (χ0v) is 22.2. The fraction of sp³-hybridized carbons (Fsp3) is 0.607. The van der Waals surface area contributed by atoms with E-state index >= 15 is 0 Å². The SMILES string of the molecule is CCCCCCN(C(=O)CC(C)C)[C@@H]1C=C(C(=O)NCCO)[C@@H]2c3cc(C=O)cc(OC)c3O[C@@H]2[C@H]1O. The lowest BCUT2D eigenvalue weighted by Crippen LogP contribution is -2.56. The molecule has 4 atom stereocenters. The molecule has 0 radical (unpaired) electrons. The van der Waals surface area contributed by atoms with Crippen LogP contribution in [0.5, 0.6) is 11.5 Å². The van der Waals surface area contributed by atoms with E-state index in [2.05, 4.69) is 12.2 Å². The predicted octanol–water partition coefficient (Wildman–Crippen LogP) is 2.59. The van der Waals surface area contributed by atoms with Crippen LogP contribution in [0.15, 0.2) is 23.8 Å². The molecular formula is C28H40N2O7. The topological polar surface area (TPSA) is 125 Å². The second-order valence-electron chi connectivity index (χ2n) is 10.1. The van der Waals surface area contributed by atoms with Crippen LogP contribution in [-0.2, 0) is 9.59 Å². The van der Waals surface area contributed by atoms with Gasteiger partial charge in [-0.3, -0.25) is 14.4 Å². The first kappa shape index (κ1) is 28.7. The number of amides is 2. The first-order valence-corrected chi connectivity index (χ1v) is 13.2. The fourth-order valence-electron chi connectivity index (χ4n) is 5.17. The number of nitrogens with zero attached hydrogens (tertiary/aromatic N) is 1. The van der Waals surface area contributed by atoms with Gasteiger partial charge in [0.1, 0.15) is 18.5 Å². The second-order valence-corrected chi connectivity index (χ2v) is 10.1. The van der Waals surface area contributed by atoms with Gasteiger partial charge in [0, 0.05) is 36.2 Å². The molecule has 0 unspecified atom stereocenters. The highest BCUT2D eigenvalue weighted by molar-refractivity contribution is 5.96. The van der Waals surface area contributed by atoms with E-state index < -0.39 is 30.1 Å². The van der Waals surface area contributed by atoms with Crippen molar-refractivity contribution in [2.75, 3.05) is 26.8 Å². The molecule has 2 amide bonds. The van der Waals surface area contributed by atoms with Gasteiger partial charge in [-0.15, -0.1) is 0 Å². The molecule has 204 valence electrons. The van der Waals surface area contributed by atoms with Crippen LogP contribution in [0.4, 0.5) is 0 Å². The van der Waals surface area contributed by atoms with Crippen molar-refractivity contribution in [3.63, 3.8) is 0 Å². The van der Waals surface area contributed by atoms with Crippen molar-refractivity contribution >= 4 is 18.1 Å². The van der Waals surface area contributed by atoms with Crippen LogP contribution in [0.3, 0.4) is 0 Å². The number of ether oxygens (including phenoxy) is 2. The number of aliphatic hydroxyl groups excluding tert-OH is 2. The lowest BCUT2D eigenvalue weighted by atomic mass is 9.77. The molecule has 37 heavy (non-hydrogen) atoms. The summed E-state index contributed by atoms with van der Waals surface area (Å²) in [6, 6.07) is 2.42. The molecule has 9 nitrogen and oxygen atoms in total. The zero-order valence-electron chi connectivity index (χ0n) is 22.2. The molecule has 2 aliphatic rings. The number of hydrogen-bond acceptors (Lipinski definition) is 7. The van der Waals surface area contributed by atoms with Crippen molar-refractivity contribution in [1.29, 1.82) is 0 Å². The van der Waals surface area contributed by atoms with E-state index in [9.17, 15) is 24.6 Å². The van der Waals surface area contributed by atoms with Gasteiger partial charge in [0.2, 0.25) is 11.8 Å². The Morgan fingerprint density at radius 3 is 2.62 bits per heavy atom. The summed E-state index contributed by atoms with van der Waals surface area (Å²) >= 11 is 0. The molecule has 9 heteroatoms. The number of aldehydes is 1. The Morgan fingerprint density at radius 2 is 2.00 bits per heavy atom. The number of aliphatic hydroxyl groups is 2. The van der Waals surface area contributed by atoms with E-state index in [1.807, 2.05) is 13.8 Å². The van der Waals surface area contributed by atoms with Crippen molar-refractivity contribution < 1.29 is 34.1 Å². The molecule has 0 saturated carbocycles. The van der Waals surface area contributed by atoms with E-state index in [1.165, 1.54) is 7.11 Å². The van der Waals surface area contributed by atoms with Crippen LogP contribution >= 0.6 is 0 Å². The Kier molecular flexibility index (Phi) is 10.1. The van der Waals surface area contributed by atoms with E-state index in [0.717, 1.165) is 25.7 Å². The van der Waals surface area contributed by atoms with E-state index in [-0.39, 0.29) is 25.0 Å². The number of carbonyl (C=O) groups excluding carboxylic acids is 3. The third-order valence-corrected chi connectivity index (χ3v) is 6.93. The van der Waals surface area contributed by atoms with Crippen LogP contribution in [0, 0.1) is 5.92 Å². The van der Waals surface area contributed by atoms with E-state index in [1.54, 1.807) is 23.1 Å². The largest absolute Gasteiger partial charge is 0.493 e. The first-order valence-electron chi connectivity index (χ1n) is 13.2. The minimum atomic E-state index is -1.11. The van der Waals surface area contributed by atoms with Gasteiger partial charge in [-0.25, -0.2) is 0 Å². The summed E-state index contributed by atoms with van der Waals surface area (Å²) in [6.45, 7) is 6.34. The number of methoxy groups -OCH3 is 1. The number of carbonyl (C=O) groups is 3. The molecule has 3 rings (SSSR count). The summed E-state index contributed by atoms with van der Waals surface area (Å²) in [5.41, 5.74) is 1.25. The monoisotopic (exact) mass is 516 g/mol. The molecule has 0 fully saturated rings. The molecule has 1 aromatic rings. The highest BCUT2D eigenvalue weighted by atomic mass is 16.5. The van der Waals surface area contributed by atoms with Gasteiger partial charge in [-0.1, -0.05) is 40.0 Å². The van der Waals surface area contributed by atoms with Crippen LogP contribution in [-0.4, -0.2) is 78.3 Å². The number of fused-ring (bicyclic) bond motifs is 3. The Balaban J connectivity index is 2.07. The van der Waals surface area contributed by atoms with E-state index in [4.69, 9.17) is 9.47 Å². The number of nitrogens with one attached hydrogen (secondary N) is 1. The maximum atomic E-state index is 13.4. The van der Waals surface area contributed by atoms with Gasteiger partial charge < -0.3 is 29.9 Å². The lowest BCUT2D eigenvalue weighted by molar-refractivity contribution is -0.138. The predicted molar refractivity (Wildman–Crippen MR) is 139 cm³/mol. The van der Waals surface area contributed by atoms with Crippen molar-refractivity contribution in [3.8, 4) is 11.5 Å². The van der Waals surface area contributed by atoms with Crippen LogP contribution in [0.1, 0.15) is 74.7 Å². The normalized spacial score (nSPS) is 22.0. The van der Waals surface area contributed by atoms with Crippen molar-refractivity contribution in [3.05, 3.63) is 34.9 Å². The molecule has 0 aromatic heterocycles. The highest BCUT2D eigenvalue weighted by Crippen LogP contribution is 2.51. The van der Waals surface area contributed by atoms with Crippen LogP contribution in [0.2, 0.25) is 0 Å². The first-order chi connectivity index (χ1) is 17.8. The summed E-state index contributed by atoms with van der Waals surface area (Å²) in [6.07, 6.45) is 4.55. The molecule has 3 N–H and O–H groups in total. The third kappa shape index (κ3) is 6.33. The zero-order chi connectivity index (χ0) is 27.1. The molecule has 0 saturated heterocycles. The fourth-order valence-corrected chi connectivity index (χ4v) is 5.17. The standard InChI is InChI=1S/C28H40N2O7/c1-5-6-7-8-10-30(23(33)12-17(2)3)21-15-20(28(35)29-9-11-31)24-19-13-18(16-32)14-22(36-4)26(19)37-27(24)25(21)34/h13-17,21,24-25,27,31,34H,5-12H2,1-4H3,(H,29,35)/t21-,24+,25+,27+/m1/s1. The van der Waals surface area contributed by atoms with Crippen molar-refractivity contribution in [1.82, 2.24) is 10.2 Å². The average Bonchev–Trinajstić information content (AvgIpc) is 3.27. The minimum absolute atomic E-state index is 0.0548. The van der Waals surface area contributed by atoms with Crippen molar-refractivity contribution in [2.45, 2.75) is 77.0 Å². The number of benzene rings is 1. The summed E-state index contributed by atoms with van der Waals surface area (Å²) in [4.78, 5) is 39.9. The summed E-state index contributed by atoms with van der Waals surface area (Å²) < 4.78 is 11.7. The average molecular weight is 517 g/mol. The molecule has 1 aromatic carbocycles. The van der Waals surface area contributed by atoms with Gasteiger partial charge in [0.05, 0.1) is 25.7 Å². The van der Waals surface area contributed by atoms with Gasteiger partial charge in [-0.2, -0.15) is 0 Å². The number of unbranched alkanes of at least 4 members (excludes halogenated alkanes) is 3. The molecule has 1 aliphatic carbocycles. The Hall–Kier alpha value is -2.91. The molecule has 0 spiro atoms. The number of rotatable bonds is 13. The summed E-state index contributed by atoms with van der Waals surface area (Å²) in [7, 11) is 1.46. The molecule has 1 aliphatic heterocycles. The van der Waals surface area contributed by atoms with Gasteiger partial charge in [0.25, 0.3) is 0 Å². The third-order valence-electron chi connectivity index (χ3n) is 6.93. The highest BCUT2D eigenvalue weighted by Gasteiger charge is 2.51. The van der Waals surface area contributed by atoms with Crippen LogP contribution in [0.25, 0.3) is 0 Å². The smallest absolute Gasteiger partial charge is 0.247 e.